The number of anilines is 1. The number of rotatable bonds is 5. The molecule has 0 saturated carbocycles. The van der Waals surface area contributed by atoms with Gasteiger partial charge in [-0.1, -0.05) is 24.0 Å². The average Bonchev–Trinajstić information content (AvgIpc) is 2.42. The highest BCUT2D eigenvalue weighted by Gasteiger charge is 2.18. The van der Waals surface area contributed by atoms with Crippen LogP contribution < -0.4 is 5.32 Å². The van der Waals surface area contributed by atoms with Crippen molar-refractivity contribution in [2.45, 2.75) is 26.0 Å². The Hall–Kier alpha value is -1.14. The van der Waals surface area contributed by atoms with Gasteiger partial charge in [0.25, 0.3) is 0 Å². The lowest BCUT2D eigenvalue weighted by Gasteiger charge is -2.22. The molecule has 0 saturated heterocycles. The van der Waals surface area contributed by atoms with E-state index < -0.39 is 0 Å². The predicted molar refractivity (Wildman–Crippen MR) is 87.6 cm³/mol. The summed E-state index contributed by atoms with van der Waals surface area (Å²) in [6, 6.07) is 5.70. The fraction of sp³-hybridized carbons (Fsp3) is 0.429. The molecule has 0 fully saturated rings. The first-order valence-electron chi connectivity index (χ1n) is 6.49. The quantitative estimate of drug-likeness (QED) is 0.843. The van der Waals surface area contributed by atoms with E-state index in [0.29, 0.717) is 5.69 Å². The van der Waals surface area contributed by atoms with E-state index in [1.807, 2.05) is 18.7 Å². The molecule has 1 rings (SSSR count). The van der Waals surface area contributed by atoms with E-state index >= 15 is 0 Å². The first-order chi connectivity index (χ1) is 9.47. The lowest BCUT2D eigenvalue weighted by molar-refractivity contribution is -0.115. The van der Waals surface area contributed by atoms with Gasteiger partial charge in [-0.2, -0.15) is 0 Å². The highest BCUT2D eigenvalue weighted by molar-refractivity contribution is 8.23. The van der Waals surface area contributed by atoms with Gasteiger partial charge in [-0.15, -0.1) is 0 Å². The largest absolute Gasteiger partial charge is 0.358 e. The first-order valence-corrected chi connectivity index (χ1v) is 7.78. The second-order valence-electron chi connectivity index (χ2n) is 4.19. The monoisotopic (exact) mass is 314 g/mol. The van der Waals surface area contributed by atoms with Gasteiger partial charge in [0.1, 0.15) is 10.1 Å². The van der Waals surface area contributed by atoms with E-state index in [1.165, 1.54) is 36.0 Å². The Labute approximate surface area is 128 Å². The molecular weight excluding hydrogens is 295 g/mol. The molecule has 1 amide bonds. The van der Waals surface area contributed by atoms with Crippen LogP contribution in [-0.2, 0) is 4.79 Å². The summed E-state index contributed by atoms with van der Waals surface area (Å²) in [5.74, 6) is -0.468. The maximum Gasteiger partial charge on any atom is 0.237 e. The van der Waals surface area contributed by atoms with Crippen molar-refractivity contribution in [3.8, 4) is 0 Å². The second-order valence-corrected chi connectivity index (χ2v) is 6.17. The van der Waals surface area contributed by atoms with Crippen LogP contribution in [0.5, 0.6) is 0 Å². The number of thioether (sulfide) groups is 1. The molecule has 0 unspecified atom stereocenters. The van der Waals surface area contributed by atoms with E-state index in [1.54, 1.807) is 6.92 Å². The van der Waals surface area contributed by atoms with Crippen LogP contribution in [0.3, 0.4) is 0 Å². The summed E-state index contributed by atoms with van der Waals surface area (Å²) in [5.41, 5.74) is 0.581. The van der Waals surface area contributed by atoms with E-state index in [-0.39, 0.29) is 17.0 Å². The first kappa shape index (κ1) is 16.9. The maximum atomic E-state index is 12.8. The van der Waals surface area contributed by atoms with Crippen molar-refractivity contribution in [2.75, 3.05) is 18.4 Å². The molecule has 110 valence electrons. The fourth-order valence-electron chi connectivity index (χ4n) is 1.54. The molecule has 0 heterocycles. The highest BCUT2D eigenvalue weighted by atomic mass is 32.2. The minimum atomic E-state index is -0.326. The molecule has 0 radical (unpaired) electrons. The molecule has 0 aliphatic heterocycles. The molecule has 0 aliphatic rings. The summed E-state index contributed by atoms with van der Waals surface area (Å²) in [6.07, 6.45) is 0. The third-order valence-electron chi connectivity index (χ3n) is 2.78. The molecule has 1 aromatic carbocycles. The van der Waals surface area contributed by atoms with Crippen molar-refractivity contribution in [3.63, 3.8) is 0 Å². The van der Waals surface area contributed by atoms with Crippen molar-refractivity contribution >= 4 is 39.9 Å². The molecule has 1 N–H and O–H groups in total. The standard InChI is InChI=1S/C14H19FN2OS2/c1-4-17(5-2)14(19)20-10(3)13(18)16-12-8-6-11(15)7-9-12/h6-10H,4-5H2,1-3H3,(H,16,18)/t10-/m0/s1. The third kappa shape index (κ3) is 5.09. The van der Waals surface area contributed by atoms with Crippen molar-refractivity contribution < 1.29 is 9.18 Å². The molecule has 3 nitrogen and oxygen atoms in total. The number of hydrogen-bond donors (Lipinski definition) is 1. The van der Waals surface area contributed by atoms with Crippen LogP contribution in [0.1, 0.15) is 20.8 Å². The van der Waals surface area contributed by atoms with E-state index in [4.69, 9.17) is 12.2 Å². The Balaban J connectivity index is 2.54. The molecule has 6 heteroatoms. The third-order valence-corrected chi connectivity index (χ3v) is 4.35. The van der Waals surface area contributed by atoms with Crippen LogP contribution in [0.2, 0.25) is 0 Å². The van der Waals surface area contributed by atoms with Crippen LogP contribution in [0.25, 0.3) is 0 Å². The Morgan fingerprint density at radius 2 is 1.90 bits per heavy atom. The lowest BCUT2D eigenvalue weighted by atomic mass is 10.3. The topological polar surface area (TPSA) is 32.3 Å². The van der Waals surface area contributed by atoms with Gasteiger partial charge >= 0.3 is 0 Å². The van der Waals surface area contributed by atoms with Gasteiger partial charge in [-0.05, 0) is 45.0 Å². The molecule has 0 aliphatic carbocycles. The number of carbonyl (C=O) groups excluding carboxylic acids is 1. The van der Waals surface area contributed by atoms with Gasteiger partial charge in [-0.3, -0.25) is 4.79 Å². The van der Waals surface area contributed by atoms with Crippen molar-refractivity contribution in [1.82, 2.24) is 4.90 Å². The number of halogens is 1. The van der Waals surface area contributed by atoms with Crippen molar-refractivity contribution in [3.05, 3.63) is 30.1 Å². The number of benzene rings is 1. The molecule has 0 bridgehead atoms. The van der Waals surface area contributed by atoms with E-state index in [2.05, 4.69) is 5.32 Å². The minimum Gasteiger partial charge on any atom is -0.358 e. The summed E-state index contributed by atoms with van der Waals surface area (Å²) in [5, 5.41) is 2.45. The smallest absolute Gasteiger partial charge is 0.237 e. The number of hydrogen-bond acceptors (Lipinski definition) is 3. The van der Waals surface area contributed by atoms with Crippen LogP contribution in [0, 0.1) is 5.82 Å². The fourth-order valence-corrected chi connectivity index (χ4v) is 3.11. The summed E-state index contributed by atoms with van der Waals surface area (Å²) in [6.45, 7) is 7.52. The summed E-state index contributed by atoms with van der Waals surface area (Å²) >= 11 is 6.67. The SMILES string of the molecule is CCN(CC)C(=S)S[C@@H](C)C(=O)Nc1ccc(F)cc1. The van der Waals surface area contributed by atoms with Gasteiger partial charge in [0, 0.05) is 18.8 Å². The van der Waals surface area contributed by atoms with Crippen molar-refractivity contribution in [1.29, 1.82) is 0 Å². The minimum absolute atomic E-state index is 0.142. The lowest BCUT2D eigenvalue weighted by Crippen LogP contribution is -2.31. The zero-order valence-corrected chi connectivity index (χ0v) is 13.5. The van der Waals surface area contributed by atoms with Gasteiger partial charge in [0.2, 0.25) is 5.91 Å². The Bertz CT molecular complexity index is 461. The van der Waals surface area contributed by atoms with Gasteiger partial charge < -0.3 is 10.2 Å². The highest BCUT2D eigenvalue weighted by Crippen LogP contribution is 2.18. The Morgan fingerprint density at radius 1 is 1.35 bits per heavy atom. The normalized spacial score (nSPS) is 11.8. The van der Waals surface area contributed by atoms with Crippen LogP contribution in [0.4, 0.5) is 10.1 Å². The average molecular weight is 314 g/mol. The zero-order chi connectivity index (χ0) is 15.1. The van der Waals surface area contributed by atoms with E-state index in [0.717, 1.165) is 17.4 Å². The molecule has 0 spiro atoms. The maximum absolute atomic E-state index is 12.8. The predicted octanol–water partition coefficient (Wildman–Crippen LogP) is 3.51. The molecular formula is C14H19FN2OS2. The van der Waals surface area contributed by atoms with Crippen molar-refractivity contribution in [2.24, 2.45) is 0 Å². The molecule has 0 aromatic heterocycles. The number of amides is 1. The van der Waals surface area contributed by atoms with Crippen LogP contribution >= 0.6 is 24.0 Å². The summed E-state index contributed by atoms with van der Waals surface area (Å²) < 4.78 is 13.5. The number of carbonyl (C=O) groups is 1. The van der Waals surface area contributed by atoms with Gasteiger partial charge in [0.15, 0.2) is 0 Å². The Kier molecular flexibility index (Phi) is 6.95. The number of thiocarbonyl (C=S) groups is 1. The molecule has 20 heavy (non-hydrogen) atoms. The zero-order valence-electron chi connectivity index (χ0n) is 11.9. The summed E-state index contributed by atoms with van der Waals surface area (Å²) in [7, 11) is 0. The van der Waals surface area contributed by atoms with Gasteiger partial charge in [0.05, 0.1) is 5.25 Å². The summed E-state index contributed by atoms with van der Waals surface area (Å²) in [4.78, 5) is 14.1. The Morgan fingerprint density at radius 3 is 2.40 bits per heavy atom. The number of nitrogens with zero attached hydrogens (tertiary/aromatic N) is 1. The molecule has 1 atom stereocenters. The second kappa shape index (κ2) is 8.21. The van der Waals surface area contributed by atoms with Gasteiger partial charge in [-0.25, -0.2) is 4.39 Å². The number of nitrogens with one attached hydrogen (secondary N) is 1. The van der Waals surface area contributed by atoms with Crippen LogP contribution in [0.15, 0.2) is 24.3 Å². The molecule has 1 aromatic rings. The van der Waals surface area contributed by atoms with E-state index in [9.17, 15) is 9.18 Å². The van der Waals surface area contributed by atoms with Crippen LogP contribution in [-0.4, -0.2) is 33.5 Å².